The van der Waals surface area contributed by atoms with Crippen LogP contribution in [-0.2, 0) is 4.79 Å². The van der Waals surface area contributed by atoms with E-state index in [9.17, 15) is 4.79 Å². The number of carbonyl (C=O) groups excluding carboxylic acids is 1. The molecule has 6 nitrogen and oxygen atoms in total. The Morgan fingerprint density at radius 2 is 1.61 bits per heavy atom. The molecule has 0 bridgehead atoms. The van der Waals surface area contributed by atoms with Crippen molar-refractivity contribution < 1.29 is 4.79 Å². The number of piperazine rings is 1. The van der Waals surface area contributed by atoms with Crippen molar-refractivity contribution in [2.45, 2.75) is 0 Å². The van der Waals surface area contributed by atoms with Crippen molar-refractivity contribution in [1.82, 2.24) is 19.8 Å². The zero-order valence-corrected chi connectivity index (χ0v) is 18.8. The third-order valence-electron chi connectivity index (χ3n) is 6.43. The zero-order chi connectivity index (χ0) is 22.5. The molecule has 0 N–H and O–H groups in total. The minimum absolute atomic E-state index is 0.0599. The molecule has 1 aromatic heterocycles. The lowest BCUT2D eigenvalue weighted by molar-refractivity contribution is -0.138. The van der Waals surface area contributed by atoms with Crippen LogP contribution in [-0.4, -0.2) is 71.5 Å². The maximum atomic E-state index is 13.0. The Hall–Kier alpha value is -3.51. The van der Waals surface area contributed by atoms with Crippen LogP contribution in [0.2, 0.25) is 0 Å². The van der Waals surface area contributed by atoms with Crippen LogP contribution >= 0.6 is 0 Å². The van der Waals surface area contributed by atoms with Crippen molar-refractivity contribution in [3.63, 3.8) is 0 Å². The monoisotopic (exact) mass is 439 g/mol. The SMILES string of the molecule is O=C(C1CN(c2cc(-c3ccccc3)ncn2)C1)N1CCN(C/C=C/c2ccccc2)CC1. The fraction of sp³-hybridized carbons (Fsp3) is 0.296. The average Bonchev–Trinajstić information content (AvgIpc) is 2.85. The number of amides is 1. The predicted molar refractivity (Wildman–Crippen MR) is 132 cm³/mol. The smallest absolute Gasteiger partial charge is 0.229 e. The van der Waals surface area contributed by atoms with Crippen LogP contribution in [0.4, 0.5) is 5.82 Å². The number of nitrogens with zero attached hydrogens (tertiary/aromatic N) is 5. The second kappa shape index (κ2) is 9.96. The molecule has 0 atom stereocenters. The molecule has 2 aromatic carbocycles. The van der Waals surface area contributed by atoms with Gasteiger partial charge in [0.2, 0.25) is 5.91 Å². The normalized spacial score (nSPS) is 17.3. The van der Waals surface area contributed by atoms with E-state index in [1.54, 1.807) is 6.33 Å². The minimum atomic E-state index is 0.0599. The van der Waals surface area contributed by atoms with Gasteiger partial charge in [-0.3, -0.25) is 9.69 Å². The molecular weight excluding hydrogens is 410 g/mol. The summed E-state index contributed by atoms with van der Waals surface area (Å²) in [5.74, 6) is 1.23. The first-order valence-corrected chi connectivity index (χ1v) is 11.6. The second-order valence-corrected chi connectivity index (χ2v) is 8.67. The number of benzene rings is 2. The van der Waals surface area contributed by atoms with Gasteiger partial charge in [0.05, 0.1) is 11.6 Å². The summed E-state index contributed by atoms with van der Waals surface area (Å²) in [6.45, 7) is 5.83. The van der Waals surface area contributed by atoms with Crippen LogP contribution < -0.4 is 4.90 Å². The molecule has 0 saturated carbocycles. The van der Waals surface area contributed by atoms with E-state index in [2.05, 4.69) is 56.2 Å². The van der Waals surface area contributed by atoms with Gasteiger partial charge in [-0.1, -0.05) is 72.8 Å². The van der Waals surface area contributed by atoms with Gasteiger partial charge in [0, 0.05) is 57.4 Å². The number of aromatic nitrogens is 2. The third kappa shape index (κ3) is 5.12. The first-order valence-electron chi connectivity index (χ1n) is 11.6. The summed E-state index contributed by atoms with van der Waals surface area (Å²) in [4.78, 5) is 28.4. The number of rotatable bonds is 6. The molecule has 2 fully saturated rings. The molecule has 33 heavy (non-hydrogen) atoms. The fourth-order valence-electron chi connectivity index (χ4n) is 4.42. The molecule has 1 amide bonds. The highest BCUT2D eigenvalue weighted by Crippen LogP contribution is 2.27. The molecule has 0 unspecified atom stereocenters. The predicted octanol–water partition coefficient (Wildman–Crippen LogP) is 3.44. The minimum Gasteiger partial charge on any atom is -0.355 e. The van der Waals surface area contributed by atoms with E-state index < -0.39 is 0 Å². The Bertz CT molecular complexity index is 1090. The topological polar surface area (TPSA) is 52.6 Å². The number of hydrogen-bond acceptors (Lipinski definition) is 5. The van der Waals surface area contributed by atoms with Gasteiger partial charge in [-0.15, -0.1) is 0 Å². The van der Waals surface area contributed by atoms with E-state index in [0.717, 1.165) is 62.9 Å². The van der Waals surface area contributed by atoms with Gasteiger partial charge < -0.3 is 9.80 Å². The Balaban J connectivity index is 1.09. The largest absolute Gasteiger partial charge is 0.355 e. The molecule has 0 spiro atoms. The Kier molecular flexibility index (Phi) is 6.44. The van der Waals surface area contributed by atoms with Crippen LogP contribution in [0.1, 0.15) is 5.56 Å². The molecule has 168 valence electrons. The lowest BCUT2D eigenvalue weighted by atomic mass is 9.97. The van der Waals surface area contributed by atoms with Gasteiger partial charge in [-0.25, -0.2) is 9.97 Å². The number of hydrogen-bond donors (Lipinski definition) is 0. The molecule has 5 rings (SSSR count). The second-order valence-electron chi connectivity index (χ2n) is 8.67. The van der Waals surface area contributed by atoms with Crippen molar-refractivity contribution in [3.8, 4) is 11.3 Å². The first kappa shape index (κ1) is 21.3. The lowest BCUT2D eigenvalue weighted by Gasteiger charge is -2.43. The summed E-state index contributed by atoms with van der Waals surface area (Å²) >= 11 is 0. The number of anilines is 1. The molecule has 3 aromatic rings. The molecular formula is C27H29N5O. The molecule has 6 heteroatoms. The van der Waals surface area contributed by atoms with E-state index in [-0.39, 0.29) is 11.8 Å². The van der Waals surface area contributed by atoms with Crippen molar-refractivity contribution in [2.24, 2.45) is 5.92 Å². The third-order valence-corrected chi connectivity index (χ3v) is 6.43. The lowest BCUT2D eigenvalue weighted by Crippen LogP contribution is -2.58. The molecule has 3 heterocycles. The summed E-state index contributed by atoms with van der Waals surface area (Å²) in [7, 11) is 0. The molecule has 2 saturated heterocycles. The van der Waals surface area contributed by atoms with Crippen LogP contribution in [0.3, 0.4) is 0 Å². The summed E-state index contributed by atoms with van der Waals surface area (Å²) < 4.78 is 0. The Morgan fingerprint density at radius 3 is 2.33 bits per heavy atom. The highest BCUT2D eigenvalue weighted by Gasteiger charge is 2.37. The molecule has 2 aliphatic heterocycles. The van der Waals surface area contributed by atoms with Crippen LogP contribution in [0, 0.1) is 5.92 Å². The number of carbonyl (C=O) groups is 1. The summed E-state index contributed by atoms with van der Waals surface area (Å²) in [5, 5.41) is 0. The molecule has 0 radical (unpaired) electrons. The van der Waals surface area contributed by atoms with Crippen LogP contribution in [0.25, 0.3) is 17.3 Å². The van der Waals surface area contributed by atoms with Crippen molar-refractivity contribution in [2.75, 3.05) is 50.7 Å². The van der Waals surface area contributed by atoms with E-state index in [1.807, 2.05) is 47.4 Å². The van der Waals surface area contributed by atoms with Crippen molar-refractivity contribution in [1.29, 1.82) is 0 Å². The van der Waals surface area contributed by atoms with Crippen molar-refractivity contribution in [3.05, 3.63) is 84.7 Å². The van der Waals surface area contributed by atoms with Gasteiger partial charge in [0.15, 0.2) is 0 Å². The van der Waals surface area contributed by atoms with Crippen LogP contribution in [0.15, 0.2) is 79.1 Å². The van der Waals surface area contributed by atoms with Gasteiger partial charge in [-0.2, -0.15) is 0 Å². The first-order chi connectivity index (χ1) is 16.3. The quantitative estimate of drug-likeness (QED) is 0.589. The standard InChI is InChI=1S/C27H29N5O/c33-27(31-16-14-30(15-17-31)13-7-10-22-8-3-1-4-9-22)24-19-32(20-24)26-18-25(28-21-29-26)23-11-5-2-6-12-23/h1-12,18,21,24H,13-17,19-20H2/b10-7+. The Morgan fingerprint density at radius 1 is 0.909 bits per heavy atom. The van der Waals surface area contributed by atoms with Crippen LogP contribution in [0.5, 0.6) is 0 Å². The highest BCUT2D eigenvalue weighted by molar-refractivity contribution is 5.82. The highest BCUT2D eigenvalue weighted by atomic mass is 16.2. The van der Waals surface area contributed by atoms with E-state index in [1.165, 1.54) is 5.56 Å². The maximum absolute atomic E-state index is 13.0. The van der Waals surface area contributed by atoms with E-state index in [4.69, 9.17) is 0 Å². The van der Waals surface area contributed by atoms with E-state index in [0.29, 0.717) is 0 Å². The van der Waals surface area contributed by atoms with Gasteiger partial charge in [0.1, 0.15) is 12.1 Å². The Labute approximate surface area is 195 Å². The average molecular weight is 440 g/mol. The summed E-state index contributed by atoms with van der Waals surface area (Å²) in [6.07, 6.45) is 5.98. The van der Waals surface area contributed by atoms with E-state index >= 15 is 0 Å². The van der Waals surface area contributed by atoms with Gasteiger partial charge in [0.25, 0.3) is 0 Å². The van der Waals surface area contributed by atoms with Crippen molar-refractivity contribution >= 4 is 17.8 Å². The van der Waals surface area contributed by atoms with Gasteiger partial charge in [-0.05, 0) is 5.56 Å². The zero-order valence-electron chi connectivity index (χ0n) is 18.8. The fourth-order valence-corrected chi connectivity index (χ4v) is 4.42. The maximum Gasteiger partial charge on any atom is 0.229 e. The molecule has 0 aliphatic carbocycles. The van der Waals surface area contributed by atoms with Gasteiger partial charge >= 0.3 is 0 Å². The molecule has 2 aliphatic rings. The summed E-state index contributed by atoms with van der Waals surface area (Å²) in [6, 6.07) is 22.5. The summed E-state index contributed by atoms with van der Waals surface area (Å²) in [5.41, 5.74) is 3.21.